The molecule has 0 bridgehead atoms. The van der Waals surface area contributed by atoms with Crippen LogP contribution in [-0.2, 0) is 6.54 Å². The summed E-state index contributed by atoms with van der Waals surface area (Å²) in [6, 6.07) is 0. The molecule has 12 heavy (non-hydrogen) atoms. The Hall–Kier alpha value is -1.27. The van der Waals surface area contributed by atoms with E-state index in [1.54, 1.807) is 5.51 Å². The van der Waals surface area contributed by atoms with Crippen molar-refractivity contribution in [2.75, 3.05) is 0 Å². The van der Waals surface area contributed by atoms with Crippen LogP contribution >= 0.6 is 11.3 Å². The molecule has 5 nitrogen and oxygen atoms in total. The van der Waals surface area contributed by atoms with E-state index in [9.17, 15) is 0 Å². The molecule has 0 aromatic carbocycles. The van der Waals surface area contributed by atoms with Gasteiger partial charge in [0.05, 0.1) is 12.1 Å². The molecular weight excluding hydrogens is 176 g/mol. The Morgan fingerprint density at radius 1 is 1.58 bits per heavy atom. The first-order chi connectivity index (χ1) is 5.90. The fourth-order valence-electron chi connectivity index (χ4n) is 0.765. The van der Waals surface area contributed by atoms with E-state index in [4.69, 9.17) is 10.3 Å². The summed E-state index contributed by atoms with van der Waals surface area (Å²) in [5.74, 6) is 0.926. The molecule has 0 saturated heterocycles. The van der Waals surface area contributed by atoms with Crippen molar-refractivity contribution in [2.45, 2.75) is 6.54 Å². The highest BCUT2D eigenvalue weighted by molar-refractivity contribution is 7.07. The first-order valence-corrected chi connectivity index (χ1v) is 4.25. The zero-order valence-electron chi connectivity index (χ0n) is 6.10. The standard InChI is InChI=1S/C6H6N4OS/c7-1-5-9-6(10-11-5)4-2-12-3-8-4/h2-3H,1,7H2. The van der Waals surface area contributed by atoms with Gasteiger partial charge in [-0.1, -0.05) is 5.16 Å². The minimum absolute atomic E-state index is 0.261. The van der Waals surface area contributed by atoms with Crippen LogP contribution < -0.4 is 5.73 Å². The molecule has 2 aromatic heterocycles. The first-order valence-electron chi connectivity index (χ1n) is 3.31. The van der Waals surface area contributed by atoms with Gasteiger partial charge in [-0.2, -0.15) is 4.98 Å². The van der Waals surface area contributed by atoms with Gasteiger partial charge in [0.1, 0.15) is 5.69 Å². The summed E-state index contributed by atoms with van der Waals surface area (Å²) < 4.78 is 4.82. The van der Waals surface area contributed by atoms with Crippen LogP contribution in [-0.4, -0.2) is 15.1 Å². The molecular formula is C6H6N4OS. The normalized spacial score (nSPS) is 10.4. The fraction of sp³-hybridized carbons (Fsp3) is 0.167. The number of nitrogens with zero attached hydrogens (tertiary/aromatic N) is 3. The van der Waals surface area contributed by atoms with Crippen molar-refractivity contribution in [1.82, 2.24) is 15.1 Å². The zero-order valence-corrected chi connectivity index (χ0v) is 6.91. The number of nitrogens with two attached hydrogens (primary N) is 1. The van der Waals surface area contributed by atoms with Crippen LogP contribution in [0.25, 0.3) is 11.5 Å². The molecule has 0 radical (unpaired) electrons. The van der Waals surface area contributed by atoms with Crippen molar-refractivity contribution >= 4 is 11.3 Å². The summed E-state index contributed by atoms with van der Waals surface area (Å²) in [4.78, 5) is 8.04. The van der Waals surface area contributed by atoms with E-state index in [1.165, 1.54) is 11.3 Å². The number of hydrogen-bond acceptors (Lipinski definition) is 6. The molecule has 2 rings (SSSR count). The molecule has 2 heterocycles. The maximum absolute atomic E-state index is 5.30. The summed E-state index contributed by atoms with van der Waals surface area (Å²) in [5, 5.41) is 5.56. The van der Waals surface area contributed by atoms with Gasteiger partial charge in [0.15, 0.2) is 0 Å². The summed E-state index contributed by atoms with van der Waals surface area (Å²) in [5.41, 5.74) is 7.74. The second-order valence-electron chi connectivity index (χ2n) is 2.09. The van der Waals surface area contributed by atoms with Gasteiger partial charge in [0, 0.05) is 5.38 Å². The maximum atomic E-state index is 5.30. The van der Waals surface area contributed by atoms with Crippen molar-refractivity contribution in [3.8, 4) is 11.5 Å². The molecule has 0 spiro atoms. The van der Waals surface area contributed by atoms with E-state index in [0.717, 1.165) is 5.69 Å². The molecule has 0 aliphatic carbocycles. The van der Waals surface area contributed by atoms with E-state index < -0.39 is 0 Å². The van der Waals surface area contributed by atoms with Crippen molar-refractivity contribution in [3.63, 3.8) is 0 Å². The third kappa shape index (κ3) is 1.21. The molecule has 0 aliphatic heterocycles. The van der Waals surface area contributed by atoms with Crippen LogP contribution in [0.5, 0.6) is 0 Å². The Morgan fingerprint density at radius 3 is 3.08 bits per heavy atom. The van der Waals surface area contributed by atoms with Crippen molar-refractivity contribution < 1.29 is 4.52 Å². The highest BCUT2D eigenvalue weighted by Crippen LogP contribution is 2.14. The van der Waals surface area contributed by atoms with Crippen LogP contribution in [0.15, 0.2) is 15.4 Å². The lowest BCUT2D eigenvalue weighted by molar-refractivity contribution is 0.380. The molecule has 62 valence electrons. The molecule has 0 unspecified atom stereocenters. The maximum Gasteiger partial charge on any atom is 0.240 e. The van der Waals surface area contributed by atoms with Crippen molar-refractivity contribution in [2.24, 2.45) is 5.73 Å². The molecule has 0 fully saturated rings. The van der Waals surface area contributed by atoms with Gasteiger partial charge in [0.2, 0.25) is 11.7 Å². The number of hydrogen-bond donors (Lipinski definition) is 1. The molecule has 0 amide bonds. The third-order valence-corrected chi connectivity index (χ3v) is 1.89. The molecule has 0 saturated carbocycles. The lowest BCUT2D eigenvalue weighted by atomic mass is 10.5. The second kappa shape index (κ2) is 3.00. The average molecular weight is 182 g/mol. The van der Waals surface area contributed by atoms with Crippen LogP contribution in [0.2, 0.25) is 0 Å². The van der Waals surface area contributed by atoms with Crippen molar-refractivity contribution in [3.05, 3.63) is 16.8 Å². The minimum atomic E-state index is 0.261. The highest BCUT2D eigenvalue weighted by atomic mass is 32.1. The van der Waals surface area contributed by atoms with Crippen LogP contribution in [0.1, 0.15) is 5.89 Å². The fourth-order valence-corrected chi connectivity index (χ4v) is 1.30. The molecule has 2 N–H and O–H groups in total. The lowest BCUT2D eigenvalue weighted by Gasteiger charge is -1.80. The number of rotatable bonds is 2. The van der Waals surface area contributed by atoms with E-state index in [2.05, 4.69) is 15.1 Å². The smallest absolute Gasteiger partial charge is 0.240 e. The summed E-state index contributed by atoms with van der Waals surface area (Å²) >= 11 is 1.49. The van der Waals surface area contributed by atoms with Gasteiger partial charge in [-0.3, -0.25) is 0 Å². The Morgan fingerprint density at radius 2 is 2.50 bits per heavy atom. The van der Waals surface area contributed by atoms with Crippen LogP contribution in [0.3, 0.4) is 0 Å². The lowest BCUT2D eigenvalue weighted by Crippen LogP contribution is -1.95. The number of aromatic nitrogens is 3. The minimum Gasteiger partial charge on any atom is -0.338 e. The summed E-state index contributed by atoms with van der Waals surface area (Å²) in [6.45, 7) is 0.261. The predicted molar refractivity (Wildman–Crippen MR) is 43.3 cm³/mol. The first kappa shape index (κ1) is 7.38. The second-order valence-corrected chi connectivity index (χ2v) is 2.81. The Bertz CT molecular complexity index is 355. The van der Waals surface area contributed by atoms with Crippen molar-refractivity contribution in [1.29, 1.82) is 0 Å². The molecule has 2 aromatic rings. The monoisotopic (exact) mass is 182 g/mol. The predicted octanol–water partition coefficient (Wildman–Crippen LogP) is 0.652. The van der Waals surface area contributed by atoms with Gasteiger partial charge in [-0.25, -0.2) is 4.98 Å². The topological polar surface area (TPSA) is 77.8 Å². The quantitative estimate of drug-likeness (QED) is 0.737. The number of thiazole rings is 1. The van der Waals surface area contributed by atoms with Gasteiger partial charge in [0.25, 0.3) is 0 Å². The summed E-state index contributed by atoms with van der Waals surface area (Å²) in [6.07, 6.45) is 0. The van der Waals surface area contributed by atoms with Gasteiger partial charge in [-0.15, -0.1) is 11.3 Å². The summed E-state index contributed by atoms with van der Waals surface area (Å²) in [7, 11) is 0. The van der Waals surface area contributed by atoms with E-state index in [0.29, 0.717) is 11.7 Å². The highest BCUT2D eigenvalue weighted by Gasteiger charge is 2.07. The van der Waals surface area contributed by atoms with E-state index in [1.807, 2.05) is 5.38 Å². The van der Waals surface area contributed by atoms with Gasteiger partial charge in [-0.05, 0) is 0 Å². The SMILES string of the molecule is NCc1nc(-c2cscn2)no1. The largest absolute Gasteiger partial charge is 0.338 e. The average Bonchev–Trinajstić information content (AvgIpc) is 2.75. The Labute approximate surface area is 72.2 Å². The van der Waals surface area contributed by atoms with E-state index >= 15 is 0 Å². The zero-order chi connectivity index (χ0) is 8.39. The Kier molecular flexibility index (Phi) is 1.84. The molecule has 0 aliphatic rings. The van der Waals surface area contributed by atoms with Crippen LogP contribution in [0.4, 0.5) is 0 Å². The third-order valence-electron chi connectivity index (χ3n) is 1.30. The van der Waals surface area contributed by atoms with Gasteiger partial charge >= 0.3 is 0 Å². The van der Waals surface area contributed by atoms with Crippen LogP contribution in [0, 0.1) is 0 Å². The molecule has 6 heteroatoms. The Balaban J connectivity index is 2.35. The van der Waals surface area contributed by atoms with E-state index in [-0.39, 0.29) is 6.54 Å². The van der Waals surface area contributed by atoms with Gasteiger partial charge < -0.3 is 10.3 Å². The molecule has 0 atom stereocenters.